The number of methoxy groups -OCH3 is 2. The molecule has 1 aliphatic rings. The molecule has 1 aliphatic heterocycles. The predicted molar refractivity (Wildman–Crippen MR) is 147 cm³/mol. The number of carbonyl (C=O) groups is 2. The van der Waals surface area contributed by atoms with Gasteiger partial charge in [-0.1, -0.05) is 19.9 Å². The highest BCUT2D eigenvalue weighted by Gasteiger charge is 2.48. The summed E-state index contributed by atoms with van der Waals surface area (Å²) in [5.74, 6) is -3.01. The molecule has 1 atom stereocenters. The van der Waals surface area contributed by atoms with Gasteiger partial charge >= 0.3 is 0 Å². The van der Waals surface area contributed by atoms with E-state index in [2.05, 4.69) is 0 Å². The number of benzene rings is 3. The monoisotopic (exact) mass is 551 g/mol. The van der Waals surface area contributed by atoms with Crippen molar-refractivity contribution in [1.29, 1.82) is 0 Å². The highest BCUT2D eigenvalue weighted by Crippen LogP contribution is 2.45. The van der Waals surface area contributed by atoms with Gasteiger partial charge in [0.25, 0.3) is 11.7 Å². The second-order valence-electron chi connectivity index (χ2n) is 9.67. The summed E-state index contributed by atoms with van der Waals surface area (Å²) in [7, 11) is 3.01. The minimum Gasteiger partial charge on any atom is -0.507 e. The predicted octanol–water partition coefficient (Wildman–Crippen LogP) is 6.44. The first-order chi connectivity index (χ1) is 19.0. The molecule has 9 heteroatoms. The summed E-state index contributed by atoms with van der Waals surface area (Å²) in [4.78, 5) is 28.0. The third-order valence-electron chi connectivity index (χ3n) is 6.87. The van der Waals surface area contributed by atoms with Gasteiger partial charge in [-0.2, -0.15) is 0 Å². The Balaban J connectivity index is 2.03. The van der Waals surface area contributed by atoms with Gasteiger partial charge in [-0.05, 0) is 72.9 Å². The quantitative estimate of drug-likeness (QED) is 0.197. The number of amides is 1. The van der Waals surface area contributed by atoms with E-state index in [1.807, 2.05) is 13.8 Å². The highest BCUT2D eigenvalue weighted by atomic mass is 19.1. The maximum atomic E-state index is 15.1. The molecule has 1 fully saturated rings. The molecule has 0 aromatic heterocycles. The molecule has 1 amide bonds. The van der Waals surface area contributed by atoms with Crippen LogP contribution in [0.4, 0.5) is 14.5 Å². The van der Waals surface area contributed by atoms with Crippen LogP contribution in [-0.4, -0.2) is 37.6 Å². The molecule has 1 heterocycles. The first-order valence-corrected chi connectivity index (χ1v) is 12.8. The number of hydrogen-bond acceptors (Lipinski definition) is 6. The maximum Gasteiger partial charge on any atom is 0.300 e. The molecule has 3 aromatic rings. The van der Waals surface area contributed by atoms with E-state index < -0.39 is 35.1 Å². The number of aliphatic hydroxyl groups excluding tert-OH is 1. The Morgan fingerprint density at radius 3 is 2.27 bits per heavy atom. The molecule has 4 rings (SSSR count). The zero-order valence-corrected chi connectivity index (χ0v) is 23.2. The van der Waals surface area contributed by atoms with Gasteiger partial charge in [-0.3, -0.25) is 14.5 Å². The Hall–Kier alpha value is -4.40. The third-order valence-corrected chi connectivity index (χ3v) is 6.87. The summed E-state index contributed by atoms with van der Waals surface area (Å²) in [6, 6.07) is 9.69. The van der Waals surface area contributed by atoms with Crippen LogP contribution in [-0.2, 0) is 9.59 Å². The highest BCUT2D eigenvalue weighted by molar-refractivity contribution is 6.51. The average Bonchev–Trinajstić information content (AvgIpc) is 3.18. The molecule has 0 bridgehead atoms. The van der Waals surface area contributed by atoms with Crippen molar-refractivity contribution >= 4 is 23.1 Å². The van der Waals surface area contributed by atoms with Crippen molar-refractivity contribution in [2.45, 2.75) is 39.7 Å². The number of hydrogen-bond donors (Lipinski definition) is 1. The molecule has 7 nitrogen and oxygen atoms in total. The lowest BCUT2D eigenvalue weighted by molar-refractivity contribution is -0.132. The van der Waals surface area contributed by atoms with Crippen LogP contribution in [0, 0.1) is 18.6 Å². The SMILES string of the molecule is CCOc1cc(C2/C(=C(\O)c3cc(C(C)C)c(OC)cc3C)C(=O)C(=O)N2c2ccc(F)cc2F)ccc1OC. The van der Waals surface area contributed by atoms with Gasteiger partial charge in [-0.15, -0.1) is 0 Å². The van der Waals surface area contributed by atoms with Crippen LogP contribution < -0.4 is 19.1 Å². The van der Waals surface area contributed by atoms with Gasteiger partial charge < -0.3 is 19.3 Å². The number of nitrogens with zero attached hydrogens (tertiary/aromatic N) is 1. The molecule has 0 spiro atoms. The van der Waals surface area contributed by atoms with E-state index >= 15 is 4.39 Å². The van der Waals surface area contributed by atoms with Gasteiger partial charge in [0.2, 0.25) is 0 Å². The fraction of sp³-hybridized carbons (Fsp3) is 0.290. The number of halogens is 2. The lowest BCUT2D eigenvalue weighted by Crippen LogP contribution is -2.30. The van der Waals surface area contributed by atoms with Crippen molar-refractivity contribution in [3.63, 3.8) is 0 Å². The van der Waals surface area contributed by atoms with Crippen LogP contribution in [0.15, 0.2) is 54.1 Å². The van der Waals surface area contributed by atoms with Gasteiger partial charge in [-0.25, -0.2) is 8.78 Å². The van der Waals surface area contributed by atoms with Crippen LogP contribution in [0.1, 0.15) is 55.0 Å². The van der Waals surface area contributed by atoms with Crippen LogP contribution in [0.2, 0.25) is 0 Å². The Morgan fingerprint density at radius 2 is 1.68 bits per heavy atom. The number of ether oxygens (including phenoxy) is 3. The van der Waals surface area contributed by atoms with Crippen molar-refractivity contribution in [2.75, 3.05) is 25.7 Å². The number of Topliss-reactive ketones (excluding diaryl/α,β-unsaturated/α-hetero) is 1. The van der Waals surface area contributed by atoms with Gasteiger partial charge in [0.15, 0.2) is 11.5 Å². The van der Waals surface area contributed by atoms with Gasteiger partial charge in [0, 0.05) is 11.6 Å². The van der Waals surface area contributed by atoms with Gasteiger partial charge in [0.05, 0.1) is 38.1 Å². The minimum atomic E-state index is -1.26. The van der Waals surface area contributed by atoms with Crippen molar-refractivity contribution in [1.82, 2.24) is 0 Å². The largest absolute Gasteiger partial charge is 0.507 e. The summed E-state index contributed by atoms with van der Waals surface area (Å²) < 4.78 is 45.4. The molecule has 1 N–H and O–H groups in total. The number of carbonyl (C=O) groups excluding carboxylic acids is 2. The molecule has 40 heavy (non-hydrogen) atoms. The van der Waals surface area contributed by atoms with Crippen molar-refractivity contribution < 1.29 is 37.7 Å². The summed E-state index contributed by atoms with van der Waals surface area (Å²) in [5.41, 5.74) is 1.50. The zero-order valence-electron chi connectivity index (χ0n) is 23.2. The molecule has 0 saturated carbocycles. The summed E-state index contributed by atoms with van der Waals surface area (Å²) >= 11 is 0. The van der Waals surface area contributed by atoms with Crippen molar-refractivity contribution in [3.8, 4) is 17.2 Å². The second-order valence-corrected chi connectivity index (χ2v) is 9.67. The minimum absolute atomic E-state index is 0.0176. The fourth-order valence-corrected chi connectivity index (χ4v) is 4.93. The smallest absolute Gasteiger partial charge is 0.300 e. The fourth-order valence-electron chi connectivity index (χ4n) is 4.93. The molecule has 1 unspecified atom stereocenters. The van der Waals surface area contributed by atoms with Crippen molar-refractivity contribution in [2.24, 2.45) is 0 Å². The topological polar surface area (TPSA) is 85.3 Å². The maximum absolute atomic E-state index is 15.1. The average molecular weight is 552 g/mol. The zero-order chi connectivity index (χ0) is 29.3. The molecule has 0 aliphatic carbocycles. The summed E-state index contributed by atoms with van der Waals surface area (Å²) in [6.07, 6.45) is 0. The van der Waals surface area contributed by atoms with E-state index in [1.165, 1.54) is 7.11 Å². The van der Waals surface area contributed by atoms with Gasteiger partial charge in [0.1, 0.15) is 23.1 Å². The molecule has 3 aromatic carbocycles. The standard InChI is InChI=1S/C31H31F2NO6/c1-7-40-26-13-18(8-11-24(26)38-5)28-27(29(35)21-15-20(16(2)3)25(39-6)12-17(21)4)30(36)31(37)34(28)23-10-9-19(32)14-22(23)33/h8-16,28,35H,7H2,1-6H3/b29-27+. The number of aliphatic hydroxyl groups is 1. The van der Waals surface area contributed by atoms with Crippen LogP contribution in [0.25, 0.3) is 5.76 Å². The van der Waals surface area contributed by atoms with E-state index in [4.69, 9.17) is 14.2 Å². The van der Waals surface area contributed by atoms with Crippen LogP contribution in [0.3, 0.4) is 0 Å². The Bertz CT molecular complexity index is 1510. The summed E-state index contributed by atoms with van der Waals surface area (Å²) in [6.45, 7) is 7.74. The van der Waals surface area contributed by atoms with E-state index in [0.717, 1.165) is 22.6 Å². The molecule has 0 radical (unpaired) electrons. The first kappa shape index (κ1) is 28.6. The lowest BCUT2D eigenvalue weighted by Gasteiger charge is -2.26. The first-order valence-electron chi connectivity index (χ1n) is 12.8. The molecular formula is C31H31F2NO6. The van der Waals surface area contributed by atoms with Crippen LogP contribution in [0.5, 0.6) is 17.2 Å². The van der Waals surface area contributed by atoms with Crippen LogP contribution >= 0.6 is 0 Å². The second kappa shape index (κ2) is 11.4. The molecule has 1 saturated heterocycles. The molecule has 210 valence electrons. The lowest BCUT2D eigenvalue weighted by atomic mass is 9.91. The Morgan fingerprint density at radius 1 is 0.975 bits per heavy atom. The number of rotatable bonds is 8. The molecular weight excluding hydrogens is 520 g/mol. The van der Waals surface area contributed by atoms with E-state index in [9.17, 15) is 19.1 Å². The van der Waals surface area contributed by atoms with Crippen molar-refractivity contribution in [3.05, 3.63) is 88.0 Å². The summed E-state index contributed by atoms with van der Waals surface area (Å²) in [5, 5.41) is 11.7. The normalized spacial score (nSPS) is 16.5. The number of anilines is 1. The van der Waals surface area contributed by atoms with E-state index in [0.29, 0.717) is 46.6 Å². The number of ketones is 1. The Kier molecular flexibility index (Phi) is 8.13. The van der Waals surface area contributed by atoms with E-state index in [-0.39, 0.29) is 17.2 Å². The van der Waals surface area contributed by atoms with E-state index in [1.54, 1.807) is 51.3 Å². The third kappa shape index (κ3) is 4.99. The number of aryl methyl sites for hydroxylation is 1. The Labute approximate surface area is 231 Å².